The van der Waals surface area contributed by atoms with Crippen LogP contribution in [0.15, 0.2) is 48.1 Å². The van der Waals surface area contributed by atoms with Gasteiger partial charge in [-0.1, -0.05) is 54.1 Å². The van der Waals surface area contributed by atoms with E-state index in [0.717, 1.165) is 25.8 Å². The summed E-state index contributed by atoms with van der Waals surface area (Å²) in [6, 6.07) is 10.3. The van der Waals surface area contributed by atoms with Crippen molar-refractivity contribution >= 4 is 12.2 Å². The van der Waals surface area contributed by atoms with Crippen LogP contribution >= 0.6 is 0 Å². The lowest BCUT2D eigenvalue weighted by Gasteiger charge is -2.29. The average Bonchev–Trinajstić information content (AvgIpc) is 2.51. The van der Waals surface area contributed by atoms with E-state index >= 15 is 0 Å². The highest BCUT2D eigenvalue weighted by molar-refractivity contribution is 5.68. The van der Waals surface area contributed by atoms with Crippen molar-refractivity contribution in [2.24, 2.45) is 0 Å². The van der Waals surface area contributed by atoms with E-state index in [1.165, 1.54) is 11.1 Å². The van der Waals surface area contributed by atoms with E-state index < -0.39 is 5.60 Å². The van der Waals surface area contributed by atoms with Crippen LogP contribution in [0.5, 0.6) is 0 Å². The summed E-state index contributed by atoms with van der Waals surface area (Å²) in [6.07, 6.45) is 9.38. The van der Waals surface area contributed by atoms with Gasteiger partial charge in [-0.3, -0.25) is 0 Å². The van der Waals surface area contributed by atoms with Crippen LogP contribution in [0, 0.1) is 0 Å². The van der Waals surface area contributed by atoms with Gasteiger partial charge in [-0.05, 0) is 45.6 Å². The van der Waals surface area contributed by atoms with Crippen molar-refractivity contribution in [2.75, 3.05) is 13.1 Å². The van der Waals surface area contributed by atoms with Crippen molar-refractivity contribution in [3.63, 3.8) is 0 Å². The second-order valence-corrected chi connectivity index (χ2v) is 6.89. The Morgan fingerprint density at radius 1 is 1.26 bits per heavy atom. The fraction of sp³-hybridized carbons (Fsp3) is 0.450. The number of hydrogen-bond donors (Lipinski definition) is 0. The number of allylic oxidation sites excluding steroid dienone is 1. The van der Waals surface area contributed by atoms with Gasteiger partial charge >= 0.3 is 6.09 Å². The maximum Gasteiger partial charge on any atom is 0.410 e. The Kier molecular flexibility index (Phi) is 6.03. The highest BCUT2D eigenvalue weighted by atomic mass is 16.6. The molecule has 1 aromatic carbocycles. The average molecular weight is 313 g/mol. The molecule has 0 atom stereocenters. The zero-order valence-corrected chi connectivity index (χ0v) is 14.4. The van der Waals surface area contributed by atoms with E-state index in [1.807, 2.05) is 26.8 Å². The molecular weight excluding hydrogens is 286 g/mol. The maximum atomic E-state index is 12.0. The molecule has 2 rings (SSSR count). The van der Waals surface area contributed by atoms with Crippen molar-refractivity contribution in [1.82, 2.24) is 4.90 Å². The summed E-state index contributed by atoms with van der Waals surface area (Å²) in [5.41, 5.74) is 2.24. The molecule has 0 bridgehead atoms. The molecule has 1 aliphatic heterocycles. The van der Waals surface area contributed by atoms with Gasteiger partial charge in [-0.2, -0.15) is 0 Å². The van der Waals surface area contributed by atoms with Gasteiger partial charge in [-0.15, -0.1) is 0 Å². The van der Waals surface area contributed by atoms with E-state index in [0.29, 0.717) is 6.54 Å². The smallest absolute Gasteiger partial charge is 0.410 e. The van der Waals surface area contributed by atoms with Crippen molar-refractivity contribution in [1.29, 1.82) is 0 Å². The number of rotatable bonds is 4. The molecule has 23 heavy (non-hydrogen) atoms. The lowest BCUT2D eigenvalue weighted by molar-refractivity contribution is 0.0265. The summed E-state index contributed by atoms with van der Waals surface area (Å²) in [4.78, 5) is 13.8. The van der Waals surface area contributed by atoms with Crippen LogP contribution < -0.4 is 0 Å². The first-order valence-corrected chi connectivity index (χ1v) is 8.31. The lowest BCUT2D eigenvalue weighted by Crippen LogP contribution is -2.39. The zero-order chi connectivity index (χ0) is 16.7. The van der Waals surface area contributed by atoms with Gasteiger partial charge < -0.3 is 9.64 Å². The Balaban J connectivity index is 1.74. The van der Waals surface area contributed by atoms with Crippen LogP contribution in [0.25, 0.3) is 6.08 Å². The summed E-state index contributed by atoms with van der Waals surface area (Å²) in [5.74, 6) is 0. The summed E-state index contributed by atoms with van der Waals surface area (Å²) in [7, 11) is 0. The second kappa shape index (κ2) is 8.00. The molecular formula is C20H27NO2. The van der Waals surface area contributed by atoms with E-state index in [-0.39, 0.29) is 6.09 Å². The van der Waals surface area contributed by atoms with Gasteiger partial charge in [0.25, 0.3) is 0 Å². The minimum Gasteiger partial charge on any atom is -0.444 e. The highest BCUT2D eigenvalue weighted by Crippen LogP contribution is 2.19. The maximum absolute atomic E-state index is 12.0. The predicted molar refractivity (Wildman–Crippen MR) is 95.2 cm³/mol. The van der Waals surface area contributed by atoms with Crippen LogP contribution in [-0.4, -0.2) is 29.7 Å². The third kappa shape index (κ3) is 6.31. The standard InChI is InChI=1S/C20H27NO2/c1-20(2,3)23-19(22)21-15-13-18(14-16-21)12-8-7-11-17-9-5-4-6-10-17/h4-7,9-11,13H,8,12,14-16H2,1-3H3/b11-7+. The minimum atomic E-state index is -0.427. The number of carbonyl (C=O) groups is 1. The molecule has 3 heteroatoms. The van der Waals surface area contributed by atoms with Crippen LogP contribution in [0.3, 0.4) is 0 Å². The van der Waals surface area contributed by atoms with Crippen LogP contribution in [0.4, 0.5) is 4.79 Å². The molecule has 124 valence electrons. The molecule has 0 unspecified atom stereocenters. The first-order chi connectivity index (χ1) is 10.9. The van der Waals surface area contributed by atoms with Gasteiger partial charge in [0.15, 0.2) is 0 Å². The third-order valence-electron chi connectivity index (χ3n) is 3.70. The van der Waals surface area contributed by atoms with Crippen molar-refractivity contribution in [2.45, 2.75) is 45.6 Å². The lowest BCUT2D eigenvalue weighted by atomic mass is 10.0. The van der Waals surface area contributed by atoms with E-state index in [4.69, 9.17) is 4.74 Å². The van der Waals surface area contributed by atoms with Crippen LogP contribution in [0.1, 0.15) is 45.6 Å². The molecule has 1 aromatic rings. The molecule has 0 saturated carbocycles. The van der Waals surface area contributed by atoms with Crippen molar-refractivity contribution in [3.05, 3.63) is 53.6 Å². The number of amides is 1. The topological polar surface area (TPSA) is 29.5 Å². The molecule has 0 spiro atoms. The van der Waals surface area contributed by atoms with Crippen molar-refractivity contribution in [3.8, 4) is 0 Å². The number of nitrogens with zero attached hydrogens (tertiary/aromatic N) is 1. The van der Waals surface area contributed by atoms with Crippen LogP contribution in [0.2, 0.25) is 0 Å². The summed E-state index contributed by atoms with van der Waals surface area (Å²) in [6.45, 7) is 7.11. The molecule has 0 saturated heterocycles. The summed E-state index contributed by atoms with van der Waals surface area (Å²) >= 11 is 0. The van der Waals surface area contributed by atoms with E-state index in [9.17, 15) is 4.79 Å². The molecule has 0 aliphatic carbocycles. The molecule has 0 aromatic heterocycles. The molecule has 3 nitrogen and oxygen atoms in total. The Morgan fingerprint density at radius 2 is 2.00 bits per heavy atom. The van der Waals surface area contributed by atoms with Gasteiger partial charge in [0.05, 0.1) is 0 Å². The van der Waals surface area contributed by atoms with Gasteiger partial charge in [0.2, 0.25) is 0 Å². The number of benzene rings is 1. The number of carbonyl (C=O) groups excluding carboxylic acids is 1. The van der Waals surface area contributed by atoms with E-state index in [2.05, 4.69) is 42.5 Å². The quantitative estimate of drug-likeness (QED) is 0.728. The number of ether oxygens (including phenoxy) is 1. The Labute approximate surface area is 139 Å². The summed E-state index contributed by atoms with van der Waals surface area (Å²) in [5, 5.41) is 0. The largest absolute Gasteiger partial charge is 0.444 e. The zero-order valence-electron chi connectivity index (χ0n) is 14.4. The van der Waals surface area contributed by atoms with Crippen LogP contribution in [-0.2, 0) is 4.74 Å². The fourth-order valence-corrected chi connectivity index (χ4v) is 2.48. The monoisotopic (exact) mass is 313 g/mol. The SMILES string of the molecule is CC(C)(C)OC(=O)N1CC=C(CC/C=C/c2ccccc2)CC1. The van der Waals surface area contributed by atoms with Gasteiger partial charge in [-0.25, -0.2) is 4.79 Å². The third-order valence-corrected chi connectivity index (χ3v) is 3.70. The Bertz CT molecular complexity index is 567. The molecule has 0 fully saturated rings. The molecule has 1 aliphatic rings. The normalized spacial score (nSPS) is 15.6. The summed E-state index contributed by atoms with van der Waals surface area (Å²) < 4.78 is 5.41. The molecule has 1 amide bonds. The highest BCUT2D eigenvalue weighted by Gasteiger charge is 2.23. The van der Waals surface area contributed by atoms with Gasteiger partial charge in [0, 0.05) is 13.1 Å². The van der Waals surface area contributed by atoms with Crippen molar-refractivity contribution < 1.29 is 9.53 Å². The van der Waals surface area contributed by atoms with E-state index in [1.54, 1.807) is 4.90 Å². The Hall–Kier alpha value is -2.03. The Morgan fingerprint density at radius 3 is 2.61 bits per heavy atom. The predicted octanol–water partition coefficient (Wildman–Crippen LogP) is 5.05. The first kappa shape index (κ1) is 17.3. The fourth-order valence-electron chi connectivity index (χ4n) is 2.48. The minimum absolute atomic E-state index is 0.211. The second-order valence-electron chi connectivity index (χ2n) is 6.89. The first-order valence-electron chi connectivity index (χ1n) is 8.31. The molecule has 1 heterocycles. The molecule has 0 N–H and O–H groups in total. The number of hydrogen-bond acceptors (Lipinski definition) is 2. The molecule has 0 radical (unpaired) electrons. The van der Waals surface area contributed by atoms with Gasteiger partial charge in [0.1, 0.15) is 5.60 Å².